The maximum Gasteiger partial charge on any atom is 0.255 e. The molecule has 0 radical (unpaired) electrons. The van der Waals surface area contributed by atoms with Crippen molar-refractivity contribution in [3.05, 3.63) is 60.2 Å². The van der Waals surface area contributed by atoms with Crippen molar-refractivity contribution in [2.75, 3.05) is 24.5 Å². The number of nitrogens with zero attached hydrogens (tertiary/aromatic N) is 2. The van der Waals surface area contributed by atoms with E-state index in [0.29, 0.717) is 5.71 Å². The highest BCUT2D eigenvalue weighted by molar-refractivity contribution is 7.89. The molecular formula is C21H26N4O3S. The number of piperidine rings is 1. The first kappa shape index (κ1) is 21.0. The van der Waals surface area contributed by atoms with E-state index in [1.165, 1.54) is 37.1 Å². The van der Waals surface area contributed by atoms with Crippen LogP contribution in [-0.2, 0) is 14.8 Å². The Morgan fingerprint density at radius 2 is 1.66 bits per heavy atom. The first-order valence-electron chi connectivity index (χ1n) is 9.69. The van der Waals surface area contributed by atoms with Gasteiger partial charge in [-0.2, -0.15) is 5.10 Å². The number of hydrogen-bond acceptors (Lipinski definition) is 5. The Morgan fingerprint density at radius 3 is 2.31 bits per heavy atom. The Morgan fingerprint density at radius 1 is 1.00 bits per heavy atom. The highest BCUT2D eigenvalue weighted by Crippen LogP contribution is 2.20. The molecule has 2 aromatic carbocycles. The van der Waals surface area contributed by atoms with E-state index >= 15 is 0 Å². The van der Waals surface area contributed by atoms with Gasteiger partial charge in [0.05, 0.1) is 17.2 Å². The number of rotatable bonds is 7. The van der Waals surface area contributed by atoms with Gasteiger partial charge in [0.15, 0.2) is 0 Å². The minimum absolute atomic E-state index is 0.112. The third kappa shape index (κ3) is 5.88. The molecular weight excluding hydrogens is 388 g/mol. The molecule has 154 valence electrons. The molecule has 8 heteroatoms. The van der Waals surface area contributed by atoms with Crippen LogP contribution in [0.1, 0.15) is 31.7 Å². The minimum Gasteiger partial charge on any atom is -0.372 e. The van der Waals surface area contributed by atoms with Gasteiger partial charge in [-0.15, -0.1) is 0 Å². The number of anilines is 1. The van der Waals surface area contributed by atoms with Gasteiger partial charge in [-0.05, 0) is 56.0 Å². The number of carbonyl (C=O) groups excluding carboxylic acids is 1. The first-order valence-corrected chi connectivity index (χ1v) is 11.2. The molecule has 1 saturated heterocycles. The zero-order chi connectivity index (χ0) is 20.7. The molecule has 1 fully saturated rings. The van der Waals surface area contributed by atoms with Gasteiger partial charge < -0.3 is 4.90 Å². The maximum absolute atomic E-state index is 12.1. The Balaban J connectivity index is 1.53. The average Bonchev–Trinajstić information content (AvgIpc) is 2.77. The molecule has 1 aliphatic rings. The summed E-state index contributed by atoms with van der Waals surface area (Å²) in [5.74, 6) is -0.534. The highest BCUT2D eigenvalue weighted by atomic mass is 32.2. The van der Waals surface area contributed by atoms with E-state index in [2.05, 4.69) is 32.3 Å². The van der Waals surface area contributed by atoms with E-state index < -0.39 is 15.9 Å². The largest absolute Gasteiger partial charge is 0.372 e. The lowest BCUT2D eigenvalue weighted by molar-refractivity contribution is -0.119. The topological polar surface area (TPSA) is 90.9 Å². The molecule has 3 rings (SSSR count). The molecule has 29 heavy (non-hydrogen) atoms. The average molecular weight is 415 g/mol. The highest BCUT2D eigenvalue weighted by Gasteiger charge is 2.15. The van der Waals surface area contributed by atoms with Gasteiger partial charge in [0.1, 0.15) is 0 Å². The van der Waals surface area contributed by atoms with Crippen LogP contribution in [-0.4, -0.2) is 39.7 Å². The van der Waals surface area contributed by atoms with Crippen LogP contribution >= 0.6 is 0 Å². The molecule has 0 aromatic heterocycles. The van der Waals surface area contributed by atoms with Crippen LogP contribution in [0.2, 0.25) is 0 Å². The van der Waals surface area contributed by atoms with Crippen LogP contribution in [0, 0.1) is 0 Å². The van der Waals surface area contributed by atoms with Gasteiger partial charge >= 0.3 is 0 Å². The summed E-state index contributed by atoms with van der Waals surface area (Å²) in [5.41, 5.74) is 5.14. The van der Waals surface area contributed by atoms with Crippen LogP contribution in [0.4, 0.5) is 5.69 Å². The first-order chi connectivity index (χ1) is 14.0. The van der Waals surface area contributed by atoms with Crippen LogP contribution < -0.4 is 15.0 Å². The standard InChI is InChI=1S/C21H26N4O3S/c1-17(18-10-12-19(13-11-18)25-14-6-3-7-15-25)23-24-21(26)16-22-29(27,28)20-8-4-2-5-9-20/h2,4-5,8-13,22H,3,6-7,14-16H2,1H3,(H,24,26)/b23-17-. The fourth-order valence-electron chi connectivity index (χ4n) is 3.16. The van der Waals surface area contributed by atoms with E-state index in [9.17, 15) is 13.2 Å². The molecule has 7 nitrogen and oxygen atoms in total. The van der Waals surface area contributed by atoms with Gasteiger partial charge in [0.25, 0.3) is 5.91 Å². The van der Waals surface area contributed by atoms with Gasteiger partial charge in [-0.25, -0.2) is 18.6 Å². The molecule has 1 aliphatic heterocycles. The molecule has 0 bridgehead atoms. The number of hydrogen-bond donors (Lipinski definition) is 2. The summed E-state index contributed by atoms with van der Waals surface area (Å²) in [7, 11) is -3.73. The molecule has 2 N–H and O–H groups in total. The molecule has 0 saturated carbocycles. The number of nitrogens with one attached hydrogen (secondary N) is 2. The Bertz CT molecular complexity index is 951. The van der Waals surface area contributed by atoms with Crippen LogP contribution in [0.15, 0.2) is 64.6 Å². The van der Waals surface area contributed by atoms with Gasteiger partial charge in [-0.1, -0.05) is 30.3 Å². The molecule has 1 heterocycles. The lowest BCUT2D eigenvalue weighted by Gasteiger charge is -2.28. The Kier molecular flexibility index (Phi) is 7.00. The summed E-state index contributed by atoms with van der Waals surface area (Å²) >= 11 is 0. The van der Waals surface area contributed by atoms with Crippen LogP contribution in [0.25, 0.3) is 0 Å². The molecule has 2 aromatic rings. The van der Waals surface area contributed by atoms with Crippen molar-refractivity contribution < 1.29 is 13.2 Å². The van der Waals surface area contributed by atoms with E-state index in [4.69, 9.17) is 0 Å². The summed E-state index contributed by atoms with van der Waals surface area (Å²) in [5, 5.41) is 4.08. The normalized spacial score (nSPS) is 15.2. The number of hydrazone groups is 1. The van der Waals surface area contributed by atoms with Crippen molar-refractivity contribution >= 4 is 27.3 Å². The van der Waals surface area contributed by atoms with Crippen molar-refractivity contribution in [3.8, 4) is 0 Å². The molecule has 0 atom stereocenters. The molecule has 1 amide bonds. The maximum atomic E-state index is 12.1. The van der Waals surface area contributed by atoms with Crippen molar-refractivity contribution in [1.29, 1.82) is 0 Å². The van der Waals surface area contributed by atoms with E-state index in [-0.39, 0.29) is 11.4 Å². The smallest absolute Gasteiger partial charge is 0.255 e. The fraction of sp³-hybridized carbons (Fsp3) is 0.333. The second-order valence-electron chi connectivity index (χ2n) is 6.96. The summed E-state index contributed by atoms with van der Waals surface area (Å²) in [6.45, 7) is 3.58. The number of carbonyl (C=O) groups is 1. The van der Waals surface area contributed by atoms with E-state index in [0.717, 1.165) is 18.7 Å². The van der Waals surface area contributed by atoms with Crippen molar-refractivity contribution in [2.24, 2.45) is 5.10 Å². The monoisotopic (exact) mass is 414 g/mol. The second kappa shape index (κ2) is 9.67. The van der Waals surface area contributed by atoms with E-state index in [1.807, 2.05) is 12.1 Å². The van der Waals surface area contributed by atoms with Crippen LogP contribution in [0.5, 0.6) is 0 Å². The second-order valence-corrected chi connectivity index (χ2v) is 8.73. The van der Waals surface area contributed by atoms with E-state index in [1.54, 1.807) is 25.1 Å². The summed E-state index contributed by atoms with van der Waals surface area (Å²) < 4.78 is 26.5. The number of sulfonamides is 1. The van der Waals surface area contributed by atoms with Gasteiger partial charge in [-0.3, -0.25) is 4.79 Å². The third-order valence-electron chi connectivity index (χ3n) is 4.83. The quantitative estimate of drug-likeness (QED) is 0.538. The summed E-state index contributed by atoms with van der Waals surface area (Å²) in [4.78, 5) is 14.5. The molecule has 0 unspecified atom stereocenters. The summed E-state index contributed by atoms with van der Waals surface area (Å²) in [6.07, 6.45) is 3.74. The van der Waals surface area contributed by atoms with Gasteiger partial charge in [0.2, 0.25) is 10.0 Å². The van der Waals surface area contributed by atoms with Crippen molar-refractivity contribution in [1.82, 2.24) is 10.1 Å². The van der Waals surface area contributed by atoms with Crippen molar-refractivity contribution in [3.63, 3.8) is 0 Å². The predicted molar refractivity (Wildman–Crippen MR) is 114 cm³/mol. The molecule has 0 aliphatic carbocycles. The van der Waals surface area contributed by atoms with Crippen molar-refractivity contribution in [2.45, 2.75) is 31.1 Å². The summed E-state index contributed by atoms with van der Waals surface area (Å²) in [6, 6.07) is 16.0. The number of amides is 1. The lowest BCUT2D eigenvalue weighted by atomic mass is 10.1. The lowest BCUT2D eigenvalue weighted by Crippen LogP contribution is -2.35. The Hall–Kier alpha value is -2.71. The fourth-order valence-corrected chi connectivity index (χ4v) is 4.16. The number of benzene rings is 2. The van der Waals surface area contributed by atoms with Gasteiger partial charge in [0, 0.05) is 18.8 Å². The third-order valence-corrected chi connectivity index (χ3v) is 6.25. The Labute approximate surface area is 171 Å². The minimum atomic E-state index is -3.73. The SMILES string of the molecule is C/C(=N/NC(=O)CNS(=O)(=O)c1ccccc1)c1ccc(N2CCCCC2)cc1. The molecule has 0 spiro atoms. The zero-order valence-electron chi connectivity index (χ0n) is 16.5. The zero-order valence-corrected chi connectivity index (χ0v) is 17.3. The predicted octanol–water partition coefficient (Wildman–Crippen LogP) is 2.50. The van der Waals surface area contributed by atoms with Crippen LogP contribution in [0.3, 0.4) is 0 Å².